The SMILES string of the molecule is O=C(O)CC(O)CCNC(=O)OCC1c2ccccc2-c2ccccc21. The van der Waals surface area contributed by atoms with Gasteiger partial charge in [-0.05, 0) is 28.7 Å². The van der Waals surface area contributed by atoms with Gasteiger partial charge in [-0.3, -0.25) is 4.79 Å². The van der Waals surface area contributed by atoms with Gasteiger partial charge in [-0.2, -0.15) is 0 Å². The smallest absolute Gasteiger partial charge is 0.407 e. The fourth-order valence-corrected chi connectivity index (χ4v) is 3.29. The number of aliphatic carboxylic acids is 1. The van der Waals surface area contributed by atoms with Crippen molar-refractivity contribution in [1.82, 2.24) is 5.32 Å². The van der Waals surface area contributed by atoms with Crippen LogP contribution in [0.3, 0.4) is 0 Å². The number of fused-ring (bicyclic) bond motifs is 3. The topological polar surface area (TPSA) is 95.9 Å². The Bertz CT molecular complexity index is 759. The Kier molecular flexibility index (Phi) is 5.53. The van der Waals surface area contributed by atoms with Gasteiger partial charge >= 0.3 is 12.1 Å². The quantitative estimate of drug-likeness (QED) is 0.710. The maximum absolute atomic E-state index is 11.9. The van der Waals surface area contributed by atoms with E-state index in [1.807, 2.05) is 36.4 Å². The standard InChI is InChI=1S/C20H21NO5/c22-13(11-19(23)24)9-10-21-20(25)26-12-18-16-7-3-1-5-14(16)15-6-2-4-8-17(15)18/h1-8,13,18,22H,9-12H2,(H,21,25)(H,23,24). The fraction of sp³-hybridized carbons (Fsp3) is 0.300. The fourth-order valence-electron chi connectivity index (χ4n) is 3.29. The van der Waals surface area contributed by atoms with Crippen molar-refractivity contribution < 1.29 is 24.5 Å². The molecule has 1 unspecified atom stereocenters. The molecule has 3 N–H and O–H groups in total. The first-order chi connectivity index (χ1) is 12.6. The van der Waals surface area contributed by atoms with Crippen molar-refractivity contribution in [2.45, 2.75) is 24.9 Å². The normalized spacial score (nSPS) is 13.6. The summed E-state index contributed by atoms with van der Waals surface area (Å²) < 4.78 is 5.35. The zero-order valence-corrected chi connectivity index (χ0v) is 14.2. The minimum Gasteiger partial charge on any atom is -0.481 e. The van der Waals surface area contributed by atoms with Crippen LogP contribution >= 0.6 is 0 Å². The lowest BCUT2D eigenvalue weighted by atomic mass is 9.98. The molecule has 0 heterocycles. The number of aliphatic hydroxyl groups excluding tert-OH is 1. The Morgan fingerprint density at radius 3 is 2.19 bits per heavy atom. The highest BCUT2D eigenvalue weighted by Gasteiger charge is 2.28. The number of carbonyl (C=O) groups is 2. The van der Waals surface area contributed by atoms with Gasteiger partial charge in [0.25, 0.3) is 0 Å². The van der Waals surface area contributed by atoms with Crippen LogP contribution in [0.4, 0.5) is 4.79 Å². The number of carbonyl (C=O) groups excluding carboxylic acids is 1. The van der Waals surface area contributed by atoms with Crippen LogP contribution in [-0.2, 0) is 9.53 Å². The van der Waals surface area contributed by atoms with Crippen LogP contribution in [0.5, 0.6) is 0 Å². The predicted octanol–water partition coefficient (Wildman–Crippen LogP) is 2.75. The summed E-state index contributed by atoms with van der Waals surface area (Å²) in [5.74, 6) is -1.08. The van der Waals surface area contributed by atoms with Crippen molar-refractivity contribution in [3.05, 3.63) is 59.7 Å². The van der Waals surface area contributed by atoms with E-state index in [1.54, 1.807) is 0 Å². The molecule has 1 aliphatic carbocycles. The molecule has 0 aliphatic heterocycles. The van der Waals surface area contributed by atoms with E-state index in [-0.39, 0.29) is 31.9 Å². The molecule has 136 valence electrons. The third kappa shape index (κ3) is 4.03. The molecule has 0 fully saturated rings. The largest absolute Gasteiger partial charge is 0.481 e. The van der Waals surface area contributed by atoms with Crippen molar-refractivity contribution in [3.8, 4) is 11.1 Å². The molecule has 6 heteroatoms. The van der Waals surface area contributed by atoms with Gasteiger partial charge in [-0.25, -0.2) is 4.79 Å². The van der Waals surface area contributed by atoms with E-state index >= 15 is 0 Å². The summed E-state index contributed by atoms with van der Waals surface area (Å²) >= 11 is 0. The van der Waals surface area contributed by atoms with E-state index in [0.29, 0.717) is 0 Å². The van der Waals surface area contributed by atoms with Crippen molar-refractivity contribution in [2.75, 3.05) is 13.2 Å². The number of aliphatic hydroxyl groups is 1. The number of rotatable bonds is 7. The van der Waals surface area contributed by atoms with Crippen LogP contribution in [0.2, 0.25) is 0 Å². The average Bonchev–Trinajstić information content (AvgIpc) is 2.93. The molecule has 0 saturated heterocycles. The number of alkyl carbamates (subject to hydrolysis) is 1. The van der Waals surface area contributed by atoms with Crippen LogP contribution in [-0.4, -0.2) is 41.5 Å². The number of benzene rings is 2. The first kappa shape index (κ1) is 17.9. The van der Waals surface area contributed by atoms with Crippen molar-refractivity contribution >= 4 is 12.1 Å². The number of amides is 1. The summed E-state index contributed by atoms with van der Waals surface area (Å²) in [6.07, 6.45) is -1.74. The number of nitrogens with one attached hydrogen (secondary N) is 1. The first-order valence-corrected chi connectivity index (χ1v) is 8.55. The second kappa shape index (κ2) is 8.01. The van der Waals surface area contributed by atoms with Gasteiger partial charge in [0.1, 0.15) is 6.61 Å². The molecule has 2 aromatic rings. The van der Waals surface area contributed by atoms with Crippen molar-refractivity contribution in [1.29, 1.82) is 0 Å². The van der Waals surface area contributed by atoms with Gasteiger partial charge in [-0.15, -0.1) is 0 Å². The van der Waals surface area contributed by atoms with E-state index in [4.69, 9.17) is 9.84 Å². The zero-order chi connectivity index (χ0) is 18.5. The van der Waals surface area contributed by atoms with Crippen LogP contribution in [0.25, 0.3) is 11.1 Å². The number of hydrogen-bond acceptors (Lipinski definition) is 4. The molecule has 3 rings (SSSR count). The highest BCUT2D eigenvalue weighted by molar-refractivity contribution is 5.79. The van der Waals surface area contributed by atoms with Gasteiger partial charge in [0.2, 0.25) is 0 Å². The van der Waals surface area contributed by atoms with E-state index in [1.165, 1.54) is 0 Å². The summed E-state index contributed by atoms with van der Waals surface area (Å²) in [4.78, 5) is 22.4. The van der Waals surface area contributed by atoms with Crippen LogP contribution in [0, 0.1) is 0 Å². The molecule has 2 aromatic carbocycles. The molecule has 0 saturated carbocycles. The van der Waals surface area contributed by atoms with E-state index in [9.17, 15) is 14.7 Å². The number of hydrogen-bond donors (Lipinski definition) is 3. The Hall–Kier alpha value is -2.86. The van der Waals surface area contributed by atoms with E-state index < -0.39 is 18.2 Å². The van der Waals surface area contributed by atoms with Crippen LogP contribution in [0.1, 0.15) is 29.9 Å². The molecule has 26 heavy (non-hydrogen) atoms. The number of ether oxygens (including phenoxy) is 1. The second-order valence-corrected chi connectivity index (χ2v) is 6.29. The lowest BCUT2D eigenvalue weighted by Crippen LogP contribution is -2.29. The highest BCUT2D eigenvalue weighted by Crippen LogP contribution is 2.44. The van der Waals surface area contributed by atoms with Crippen LogP contribution < -0.4 is 5.32 Å². The van der Waals surface area contributed by atoms with Gasteiger partial charge in [0.15, 0.2) is 0 Å². The van der Waals surface area contributed by atoms with E-state index in [0.717, 1.165) is 22.3 Å². The van der Waals surface area contributed by atoms with Crippen molar-refractivity contribution in [3.63, 3.8) is 0 Å². The zero-order valence-electron chi connectivity index (χ0n) is 14.2. The molecule has 6 nitrogen and oxygen atoms in total. The summed E-state index contributed by atoms with van der Waals surface area (Å²) in [5.41, 5.74) is 4.60. The first-order valence-electron chi connectivity index (χ1n) is 8.55. The third-order valence-corrected chi connectivity index (χ3v) is 4.50. The lowest BCUT2D eigenvalue weighted by Gasteiger charge is -2.15. The van der Waals surface area contributed by atoms with Gasteiger partial charge < -0.3 is 20.3 Å². The van der Waals surface area contributed by atoms with Gasteiger partial charge in [0, 0.05) is 12.5 Å². The molecule has 0 bridgehead atoms. The lowest BCUT2D eigenvalue weighted by molar-refractivity contribution is -0.139. The maximum atomic E-state index is 11.9. The third-order valence-electron chi connectivity index (χ3n) is 4.50. The molecule has 1 aliphatic rings. The van der Waals surface area contributed by atoms with Crippen molar-refractivity contribution in [2.24, 2.45) is 0 Å². The molecule has 1 amide bonds. The summed E-state index contributed by atoms with van der Waals surface area (Å²) in [6, 6.07) is 16.2. The monoisotopic (exact) mass is 355 g/mol. The molecular formula is C20H21NO5. The second-order valence-electron chi connectivity index (χ2n) is 6.29. The molecule has 0 aromatic heterocycles. The summed E-state index contributed by atoms with van der Waals surface area (Å²) in [5, 5.41) is 20.6. The predicted molar refractivity (Wildman–Crippen MR) is 95.9 cm³/mol. The molecule has 1 atom stereocenters. The Morgan fingerprint density at radius 1 is 1.04 bits per heavy atom. The Balaban J connectivity index is 1.55. The van der Waals surface area contributed by atoms with Gasteiger partial charge in [-0.1, -0.05) is 48.5 Å². The minimum absolute atomic E-state index is 0.00856. The Morgan fingerprint density at radius 2 is 1.62 bits per heavy atom. The summed E-state index contributed by atoms with van der Waals surface area (Å²) in [7, 11) is 0. The number of carboxylic acid groups (broad SMARTS) is 1. The maximum Gasteiger partial charge on any atom is 0.407 e. The average molecular weight is 355 g/mol. The van der Waals surface area contributed by atoms with Gasteiger partial charge in [0.05, 0.1) is 12.5 Å². The Labute approximate surface area is 151 Å². The molecule has 0 radical (unpaired) electrons. The summed E-state index contributed by atoms with van der Waals surface area (Å²) in [6.45, 7) is 0.378. The molecule has 0 spiro atoms. The highest BCUT2D eigenvalue weighted by atomic mass is 16.5. The minimum atomic E-state index is -1.07. The molecular weight excluding hydrogens is 334 g/mol. The van der Waals surface area contributed by atoms with Crippen LogP contribution in [0.15, 0.2) is 48.5 Å². The van der Waals surface area contributed by atoms with E-state index in [2.05, 4.69) is 17.4 Å². The number of carboxylic acids is 1.